The van der Waals surface area contributed by atoms with Gasteiger partial charge in [-0.2, -0.15) is 4.99 Å². The van der Waals surface area contributed by atoms with Gasteiger partial charge in [0.1, 0.15) is 29.9 Å². The molecule has 0 spiro atoms. The average Bonchev–Trinajstić information content (AvgIpc) is 2.68. The van der Waals surface area contributed by atoms with Crippen molar-refractivity contribution in [1.29, 1.82) is 0 Å². The summed E-state index contributed by atoms with van der Waals surface area (Å²) >= 11 is 0. The zero-order valence-electron chi connectivity index (χ0n) is 13.4. The van der Waals surface area contributed by atoms with E-state index in [0.29, 0.717) is 17.3 Å². The van der Waals surface area contributed by atoms with Gasteiger partial charge in [0.2, 0.25) is 5.90 Å². The summed E-state index contributed by atoms with van der Waals surface area (Å²) in [5.41, 5.74) is 0.377. The number of rotatable bonds is 2. The zero-order chi connectivity index (χ0) is 16.8. The van der Waals surface area contributed by atoms with Gasteiger partial charge < -0.3 is 14.5 Å². The van der Waals surface area contributed by atoms with Crippen LogP contribution in [0.3, 0.4) is 0 Å². The highest BCUT2D eigenvalue weighted by molar-refractivity contribution is 5.90. The molecule has 0 aliphatic carbocycles. The SMILES string of the molecule is C=C1N=C(OCc2cc(F)cc(F)c2)C=C2N1CC(C)(C)N2C. The van der Waals surface area contributed by atoms with Crippen molar-refractivity contribution < 1.29 is 13.5 Å². The number of halogens is 2. The Bertz CT molecular complexity index is 704. The largest absolute Gasteiger partial charge is 0.473 e. The van der Waals surface area contributed by atoms with Gasteiger partial charge in [0.15, 0.2) is 0 Å². The van der Waals surface area contributed by atoms with Gasteiger partial charge in [0.25, 0.3) is 0 Å². The number of ether oxygens (including phenoxy) is 1. The van der Waals surface area contributed by atoms with Gasteiger partial charge in [0.05, 0.1) is 5.54 Å². The maximum atomic E-state index is 13.2. The van der Waals surface area contributed by atoms with E-state index in [-0.39, 0.29) is 12.1 Å². The molecule has 6 heteroatoms. The Labute approximate surface area is 134 Å². The van der Waals surface area contributed by atoms with Gasteiger partial charge in [-0.3, -0.25) is 0 Å². The Balaban J connectivity index is 1.77. The first-order valence-corrected chi connectivity index (χ1v) is 7.35. The molecule has 1 saturated heterocycles. The quantitative estimate of drug-likeness (QED) is 0.838. The molecule has 0 radical (unpaired) electrons. The summed E-state index contributed by atoms with van der Waals surface area (Å²) in [7, 11) is 2.00. The van der Waals surface area contributed by atoms with Gasteiger partial charge >= 0.3 is 0 Å². The lowest BCUT2D eigenvalue weighted by Crippen LogP contribution is -2.36. The van der Waals surface area contributed by atoms with Crippen LogP contribution >= 0.6 is 0 Å². The zero-order valence-corrected chi connectivity index (χ0v) is 13.4. The number of hydrogen-bond acceptors (Lipinski definition) is 4. The lowest BCUT2D eigenvalue weighted by molar-refractivity contribution is 0.261. The van der Waals surface area contributed by atoms with E-state index in [9.17, 15) is 8.78 Å². The van der Waals surface area contributed by atoms with Gasteiger partial charge in [-0.05, 0) is 31.5 Å². The van der Waals surface area contributed by atoms with E-state index in [4.69, 9.17) is 4.74 Å². The van der Waals surface area contributed by atoms with E-state index < -0.39 is 11.6 Å². The highest BCUT2D eigenvalue weighted by Gasteiger charge is 2.40. The van der Waals surface area contributed by atoms with Crippen LogP contribution in [0.2, 0.25) is 0 Å². The number of benzene rings is 1. The first-order chi connectivity index (χ1) is 10.8. The van der Waals surface area contributed by atoms with E-state index in [1.54, 1.807) is 0 Å². The number of nitrogens with zero attached hydrogens (tertiary/aromatic N) is 3. The van der Waals surface area contributed by atoms with Crippen LogP contribution in [0.15, 0.2) is 47.5 Å². The second kappa shape index (κ2) is 5.37. The van der Waals surface area contributed by atoms with Gasteiger partial charge in [0, 0.05) is 25.7 Å². The third-order valence-corrected chi connectivity index (χ3v) is 4.19. The maximum absolute atomic E-state index is 13.2. The van der Waals surface area contributed by atoms with E-state index in [0.717, 1.165) is 18.4 Å². The molecule has 0 aromatic heterocycles. The van der Waals surface area contributed by atoms with Crippen LogP contribution in [-0.4, -0.2) is 34.8 Å². The summed E-state index contributed by atoms with van der Waals surface area (Å²) < 4.78 is 32.0. The summed E-state index contributed by atoms with van der Waals surface area (Å²) in [5, 5.41) is 0. The van der Waals surface area contributed by atoms with Gasteiger partial charge in [-0.25, -0.2) is 8.78 Å². The fourth-order valence-corrected chi connectivity index (χ4v) is 2.72. The number of hydrogen-bond donors (Lipinski definition) is 0. The second-order valence-electron chi connectivity index (χ2n) is 6.39. The standard InChI is InChI=1S/C17H19F2N3O/c1-11-20-15(8-16-21(4)17(2,3)10-22(11)16)23-9-12-5-13(18)7-14(19)6-12/h5-8H,1,9-10H2,2-4H3. The molecule has 2 aliphatic rings. The fraction of sp³-hybridized carbons (Fsp3) is 0.353. The molecule has 1 fully saturated rings. The van der Waals surface area contributed by atoms with E-state index in [1.165, 1.54) is 12.1 Å². The topological polar surface area (TPSA) is 28.1 Å². The van der Waals surface area contributed by atoms with Crippen molar-refractivity contribution in [3.8, 4) is 0 Å². The van der Waals surface area contributed by atoms with Crippen LogP contribution in [0.5, 0.6) is 0 Å². The Hall–Kier alpha value is -2.37. The molecule has 122 valence electrons. The van der Waals surface area contributed by atoms with Gasteiger partial charge in [-0.15, -0.1) is 0 Å². The van der Waals surface area contributed by atoms with Crippen LogP contribution in [0, 0.1) is 11.6 Å². The van der Waals surface area contributed by atoms with Crippen LogP contribution in [0.1, 0.15) is 19.4 Å². The number of aliphatic imine (C=N–C) groups is 1. The van der Waals surface area contributed by atoms with Crippen molar-refractivity contribution in [2.45, 2.75) is 26.0 Å². The smallest absolute Gasteiger partial charge is 0.219 e. The molecule has 4 nitrogen and oxygen atoms in total. The van der Waals surface area contributed by atoms with Crippen LogP contribution < -0.4 is 0 Å². The molecule has 0 bridgehead atoms. The third kappa shape index (κ3) is 2.93. The summed E-state index contributed by atoms with van der Waals surface area (Å²) in [5.74, 6) is 0.687. The highest BCUT2D eigenvalue weighted by atomic mass is 19.1. The Morgan fingerprint density at radius 3 is 2.57 bits per heavy atom. The summed E-state index contributed by atoms with van der Waals surface area (Å²) in [4.78, 5) is 8.48. The molecular formula is C17H19F2N3O. The molecule has 1 aromatic rings. The highest BCUT2D eigenvalue weighted by Crippen LogP contribution is 2.35. The molecule has 0 saturated carbocycles. The first-order valence-electron chi connectivity index (χ1n) is 7.35. The van der Waals surface area contributed by atoms with Crippen molar-refractivity contribution in [1.82, 2.24) is 9.80 Å². The van der Waals surface area contributed by atoms with Crippen molar-refractivity contribution >= 4 is 5.90 Å². The Morgan fingerprint density at radius 2 is 1.91 bits per heavy atom. The monoisotopic (exact) mass is 319 g/mol. The maximum Gasteiger partial charge on any atom is 0.219 e. The van der Waals surface area contributed by atoms with Crippen LogP contribution in [0.4, 0.5) is 8.78 Å². The van der Waals surface area contributed by atoms with E-state index in [1.807, 2.05) is 18.0 Å². The molecule has 0 amide bonds. The molecule has 0 unspecified atom stereocenters. The molecular weight excluding hydrogens is 300 g/mol. The molecule has 2 heterocycles. The summed E-state index contributed by atoms with van der Waals surface area (Å²) in [6.45, 7) is 9.06. The number of fused-ring (bicyclic) bond motifs is 1. The minimum absolute atomic E-state index is 0.0363. The normalized spacial score (nSPS) is 19.4. The first kappa shape index (κ1) is 15.5. The van der Waals surface area contributed by atoms with Crippen molar-refractivity contribution in [2.24, 2.45) is 4.99 Å². The molecule has 0 atom stereocenters. The van der Waals surface area contributed by atoms with Crippen molar-refractivity contribution in [3.05, 3.63) is 59.7 Å². The molecule has 23 heavy (non-hydrogen) atoms. The summed E-state index contributed by atoms with van der Waals surface area (Å²) in [6, 6.07) is 3.32. The van der Waals surface area contributed by atoms with Crippen LogP contribution in [-0.2, 0) is 11.3 Å². The minimum Gasteiger partial charge on any atom is -0.473 e. The fourth-order valence-electron chi connectivity index (χ4n) is 2.72. The lowest BCUT2D eigenvalue weighted by Gasteiger charge is -2.28. The predicted molar refractivity (Wildman–Crippen MR) is 84.4 cm³/mol. The Kier molecular flexibility index (Phi) is 3.62. The lowest BCUT2D eigenvalue weighted by atomic mass is 10.1. The summed E-state index contributed by atoms with van der Waals surface area (Å²) in [6.07, 6.45) is 1.82. The predicted octanol–water partition coefficient (Wildman–Crippen LogP) is 3.23. The second-order valence-corrected chi connectivity index (χ2v) is 6.39. The van der Waals surface area contributed by atoms with Crippen molar-refractivity contribution in [2.75, 3.05) is 13.6 Å². The van der Waals surface area contributed by atoms with E-state index in [2.05, 4.69) is 30.3 Å². The third-order valence-electron chi connectivity index (χ3n) is 4.19. The molecule has 1 aromatic carbocycles. The minimum atomic E-state index is -0.625. The molecule has 3 rings (SSSR count). The number of likely N-dealkylation sites (N-methyl/N-ethyl adjacent to an activating group) is 1. The molecule has 0 N–H and O–H groups in total. The average molecular weight is 319 g/mol. The van der Waals surface area contributed by atoms with Gasteiger partial charge in [-0.1, -0.05) is 6.58 Å². The van der Waals surface area contributed by atoms with Crippen LogP contribution in [0.25, 0.3) is 0 Å². The molecule has 2 aliphatic heterocycles. The Morgan fingerprint density at radius 1 is 1.26 bits per heavy atom. The van der Waals surface area contributed by atoms with E-state index >= 15 is 0 Å². The van der Waals surface area contributed by atoms with Crippen molar-refractivity contribution in [3.63, 3.8) is 0 Å².